The number of hydrogen-bond acceptors (Lipinski definition) is 4. The Morgan fingerprint density at radius 1 is 1.25 bits per heavy atom. The molecule has 2 aromatic rings. The van der Waals surface area contributed by atoms with E-state index in [1.807, 2.05) is 29.5 Å². The summed E-state index contributed by atoms with van der Waals surface area (Å²) < 4.78 is 25.5. The van der Waals surface area contributed by atoms with Gasteiger partial charge in [-0.05, 0) is 71.0 Å². The average molecular weight is 499 g/mol. The Morgan fingerprint density at radius 2 is 2.00 bits per heavy atom. The van der Waals surface area contributed by atoms with E-state index in [9.17, 15) is 19.1 Å². The first-order valence-electron chi connectivity index (χ1n) is 8.36. The number of rotatable bonds is 8. The van der Waals surface area contributed by atoms with Crippen molar-refractivity contribution in [3.05, 3.63) is 62.6 Å². The zero-order chi connectivity index (χ0) is 20.7. The van der Waals surface area contributed by atoms with Gasteiger partial charge in [-0.2, -0.15) is 0 Å². The summed E-state index contributed by atoms with van der Waals surface area (Å²) in [5, 5.41) is 11.5. The minimum absolute atomic E-state index is 0.148. The van der Waals surface area contributed by atoms with Crippen LogP contribution >= 0.6 is 22.6 Å². The van der Waals surface area contributed by atoms with Crippen LogP contribution in [0, 0.1) is 9.39 Å². The van der Waals surface area contributed by atoms with Gasteiger partial charge in [0.1, 0.15) is 18.1 Å². The number of ether oxygens (including phenoxy) is 2. The summed E-state index contributed by atoms with van der Waals surface area (Å²) in [6.45, 7) is 3.56. The number of amides is 1. The van der Waals surface area contributed by atoms with E-state index >= 15 is 0 Å². The van der Waals surface area contributed by atoms with E-state index in [0.717, 1.165) is 0 Å². The number of carbonyl (C=O) groups is 2. The standard InChI is InChI=1S/C20H19FINO5/c1-3-27-18-10-14(9-17(20(25)26)23-12(2)24)8-16(22)19(18)28-11-13-5-4-6-15(21)7-13/h4-10H,3,11H2,1-2H3,(H,23,24)(H,25,26)/b17-9+. The van der Waals surface area contributed by atoms with Crippen molar-refractivity contribution < 1.29 is 28.6 Å². The predicted molar refractivity (Wildman–Crippen MR) is 110 cm³/mol. The molecule has 1 amide bonds. The summed E-state index contributed by atoms with van der Waals surface area (Å²) in [7, 11) is 0. The van der Waals surface area contributed by atoms with Crippen molar-refractivity contribution in [1.29, 1.82) is 0 Å². The number of carbonyl (C=O) groups excluding carboxylic acids is 1. The molecule has 6 nitrogen and oxygen atoms in total. The highest BCUT2D eigenvalue weighted by atomic mass is 127. The highest BCUT2D eigenvalue weighted by molar-refractivity contribution is 14.1. The van der Waals surface area contributed by atoms with Gasteiger partial charge in [0.15, 0.2) is 11.5 Å². The molecule has 2 N–H and O–H groups in total. The quantitative estimate of drug-likeness (QED) is 0.424. The van der Waals surface area contributed by atoms with Crippen molar-refractivity contribution in [2.24, 2.45) is 0 Å². The van der Waals surface area contributed by atoms with Crippen LogP contribution in [0.2, 0.25) is 0 Å². The second-order valence-corrected chi connectivity index (χ2v) is 6.89. The van der Waals surface area contributed by atoms with E-state index in [4.69, 9.17) is 9.47 Å². The number of halogens is 2. The summed E-state index contributed by atoms with van der Waals surface area (Å²) in [5.74, 6) is -1.19. The second kappa shape index (κ2) is 10.1. The summed E-state index contributed by atoms with van der Waals surface area (Å²) in [6.07, 6.45) is 1.34. The van der Waals surface area contributed by atoms with Crippen LogP contribution < -0.4 is 14.8 Å². The molecule has 2 aromatic carbocycles. The normalized spacial score (nSPS) is 11.1. The highest BCUT2D eigenvalue weighted by Gasteiger charge is 2.15. The maximum Gasteiger partial charge on any atom is 0.352 e. The minimum Gasteiger partial charge on any atom is -0.490 e. The minimum atomic E-state index is -1.26. The number of hydrogen-bond donors (Lipinski definition) is 2. The van der Waals surface area contributed by atoms with Gasteiger partial charge in [-0.3, -0.25) is 4.79 Å². The lowest BCUT2D eigenvalue weighted by atomic mass is 10.1. The van der Waals surface area contributed by atoms with Crippen LogP contribution in [0.4, 0.5) is 4.39 Å². The lowest BCUT2D eigenvalue weighted by Gasteiger charge is -2.15. The summed E-state index contributed by atoms with van der Waals surface area (Å²) in [6, 6.07) is 9.42. The molecule has 2 rings (SSSR count). The van der Waals surface area contributed by atoms with E-state index in [1.165, 1.54) is 25.1 Å². The highest BCUT2D eigenvalue weighted by Crippen LogP contribution is 2.35. The van der Waals surface area contributed by atoms with Crippen molar-refractivity contribution in [3.8, 4) is 11.5 Å². The lowest BCUT2D eigenvalue weighted by molar-refractivity contribution is -0.134. The van der Waals surface area contributed by atoms with E-state index in [0.29, 0.717) is 32.8 Å². The summed E-state index contributed by atoms with van der Waals surface area (Å²) in [4.78, 5) is 22.5. The predicted octanol–water partition coefficient (Wildman–Crippen LogP) is 3.97. The number of carboxylic acid groups (broad SMARTS) is 1. The number of carboxylic acids is 1. The number of benzene rings is 2. The van der Waals surface area contributed by atoms with Gasteiger partial charge in [0.05, 0.1) is 10.2 Å². The molecule has 0 aliphatic heterocycles. The third-order valence-corrected chi connectivity index (χ3v) is 4.26. The zero-order valence-electron chi connectivity index (χ0n) is 15.3. The van der Waals surface area contributed by atoms with Gasteiger partial charge in [-0.15, -0.1) is 0 Å². The van der Waals surface area contributed by atoms with Crippen LogP contribution in [0.5, 0.6) is 11.5 Å². The Kier molecular flexibility index (Phi) is 7.80. The third-order valence-electron chi connectivity index (χ3n) is 3.46. The molecule has 0 heterocycles. The Hall–Kier alpha value is -2.62. The molecule has 0 saturated heterocycles. The molecule has 0 saturated carbocycles. The molecule has 148 valence electrons. The van der Waals surface area contributed by atoms with Crippen molar-refractivity contribution in [3.63, 3.8) is 0 Å². The fourth-order valence-electron chi connectivity index (χ4n) is 2.36. The van der Waals surface area contributed by atoms with Crippen molar-refractivity contribution >= 4 is 40.5 Å². The molecule has 0 unspecified atom stereocenters. The van der Waals surface area contributed by atoms with Crippen LogP contribution in [0.25, 0.3) is 6.08 Å². The molecular weight excluding hydrogens is 480 g/mol. The average Bonchev–Trinajstić information content (AvgIpc) is 2.60. The Morgan fingerprint density at radius 3 is 2.61 bits per heavy atom. The maximum absolute atomic E-state index is 13.3. The largest absolute Gasteiger partial charge is 0.490 e. The van der Waals surface area contributed by atoms with Gasteiger partial charge < -0.3 is 19.9 Å². The van der Waals surface area contributed by atoms with Crippen LogP contribution in [0.15, 0.2) is 42.1 Å². The van der Waals surface area contributed by atoms with E-state index < -0.39 is 11.9 Å². The molecule has 0 spiro atoms. The smallest absolute Gasteiger partial charge is 0.352 e. The van der Waals surface area contributed by atoms with E-state index in [2.05, 4.69) is 5.32 Å². The van der Waals surface area contributed by atoms with Crippen LogP contribution in [0.1, 0.15) is 25.0 Å². The third kappa shape index (κ3) is 6.22. The summed E-state index contributed by atoms with van der Waals surface area (Å²) in [5.41, 5.74) is 0.942. The topological polar surface area (TPSA) is 84.9 Å². The summed E-state index contributed by atoms with van der Waals surface area (Å²) >= 11 is 2.05. The molecular formula is C20H19FINO5. The van der Waals surface area contributed by atoms with Crippen molar-refractivity contribution in [2.45, 2.75) is 20.5 Å². The van der Waals surface area contributed by atoms with Crippen molar-refractivity contribution in [1.82, 2.24) is 5.32 Å². The molecule has 8 heteroatoms. The Balaban J connectivity index is 2.34. The van der Waals surface area contributed by atoms with Gasteiger partial charge >= 0.3 is 5.97 Å². The van der Waals surface area contributed by atoms with Crippen LogP contribution in [-0.4, -0.2) is 23.6 Å². The van der Waals surface area contributed by atoms with E-state index in [-0.39, 0.29) is 18.1 Å². The number of nitrogens with one attached hydrogen (secondary N) is 1. The van der Waals surface area contributed by atoms with Crippen LogP contribution in [0.3, 0.4) is 0 Å². The van der Waals surface area contributed by atoms with Gasteiger partial charge in [-0.1, -0.05) is 12.1 Å². The van der Waals surface area contributed by atoms with Crippen molar-refractivity contribution in [2.75, 3.05) is 6.61 Å². The molecule has 0 bridgehead atoms. The maximum atomic E-state index is 13.3. The zero-order valence-corrected chi connectivity index (χ0v) is 17.4. The van der Waals surface area contributed by atoms with E-state index in [1.54, 1.807) is 24.3 Å². The molecule has 0 atom stereocenters. The second-order valence-electron chi connectivity index (χ2n) is 5.73. The fraction of sp³-hybridized carbons (Fsp3) is 0.200. The lowest BCUT2D eigenvalue weighted by Crippen LogP contribution is -2.24. The number of aliphatic carboxylic acids is 1. The molecule has 0 radical (unpaired) electrons. The molecule has 0 aliphatic rings. The monoisotopic (exact) mass is 499 g/mol. The molecule has 0 fully saturated rings. The first-order chi connectivity index (χ1) is 13.3. The van der Waals surface area contributed by atoms with Gasteiger partial charge in [0, 0.05) is 6.92 Å². The Bertz CT molecular complexity index is 913. The first-order valence-corrected chi connectivity index (χ1v) is 9.44. The SMILES string of the molecule is CCOc1cc(/C=C(/NC(C)=O)C(=O)O)cc(I)c1OCc1cccc(F)c1. The van der Waals surface area contributed by atoms with Crippen LogP contribution in [-0.2, 0) is 16.2 Å². The Labute approximate surface area is 175 Å². The van der Waals surface area contributed by atoms with Gasteiger partial charge in [0.25, 0.3) is 0 Å². The molecule has 0 aromatic heterocycles. The molecule has 0 aliphatic carbocycles. The first kappa shape index (κ1) is 21.7. The van der Waals surface area contributed by atoms with Gasteiger partial charge in [0.2, 0.25) is 5.91 Å². The fourth-order valence-corrected chi connectivity index (χ4v) is 3.15. The molecule has 28 heavy (non-hydrogen) atoms. The van der Waals surface area contributed by atoms with Gasteiger partial charge in [-0.25, -0.2) is 9.18 Å².